The smallest absolute Gasteiger partial charge is 0.0167 e. The van der Waals surface area contributed by atoms with Gasteiger partial charge >= 0.3 is 0 Å². The zero-order valence-electron chi connectivity index (χ0n) is 9.84. The van der Waals surface area contributed by atoms with Gasteiger partial charge in [0.05, 0.1) is 0 Å². The van der Waals surface area contributed by atoms with Gasteiger partial charge in [0.1, 0.15) is 0 Å². The molecule has 1 aliphatic heterocycles. The number of unbranched alkanes of at least 4 members (excludes halogenated alkanes) is 1. The van der Waals surface area contributed by atoms with E-state index >= 15 is 0 Å². The lowest BCUT2D eigenvalue weighted by Gasteiger charge is -2.26. The van der Waals surface area contributed by atoms with Crippen molar-refractivity contribution in [2.45, 2.75) is 64.5 Å². The van der Waals surface area contributed by atoms with E-state index in [2.05, 4.69) is 18.7 Å². The first-order chi connectivity index (χ1) is 6.77. The summed E-state index contributed by atoms with van der Waals surface area (Å²) in [7, 11) is 0. The fourth-order valence-corrected chi connectivity index (χ4v) is 2.46. The van der Waals surface area contributed by atoms with Crippen molar-refractivity contribution in [3.63, 3.8) is 0 Å². The molecular weight excluding hydrogens is 172 g/mol. The van der Waals surface area contributed by atoms with Crippen LogP contribution in [0, 0.1) is 0 Å². The van der Waals surface area contributed by atoms with Gasteiger partial charge in [0.25, 0.3) is 0 Å². The molecule has 1 rings (SSSR count). The number of likely N-dealkylation sites (tertiary alicyclic amines) is 1. The third kappa shape index (κ3) is 3.58. The quantitative estimate of drug-likeness (QED) is 0.710. The highest BCUT2D eigenvalue weighted by Gasteiger charge is 2.23. The maximum absolute atomic E-state index is 6.11. The average molecular weight is 198 g/mol. The van der Waals surface area contributed by atoms with Crippen LogP contribution in [0.5, 0.6) is 0 Å². The highest BCUT2D eigenvalue weighted by Crippen LogP contribution is 2.20. The summed E-state index contributed by atoms with van der Waals surface area (Å²) in [6.45, 7) is 6.93. The van der Waals surface area contributed by atoms with E-state index in [1.165, 1.54) is 45.1 Å². The fraction of sp³-hybridized carbons (Fsp3) is 1.00. The Balaban J connectivity index is 2.21. The zero-order valence-corrected chi connectivity index (χ0v) is 9.84. The van der Waals surface area contributed by atoms with Crippen LogP contribution in [0.2, 0.25) is 0 Å². The maximum Gasteiger partial charge on any atom is 0.0167 e. The Kier molecular flexibility index (Phi) is 5.49. The number of hydrogen-bond acceptors (Lipinski definition) is 2. The minimum Gasteiger partial charge on any atom is -0.327 e. The second-order valence-corrected chi connectivity index (χ2v) is 4.60. The average Bonchev–Trinajstić information content (AvgIpc) is 2.62. The van der Waals surface area contributed by atoms with Crippen LogP contribution in [0.15, 0.2) is 0 Å². The van der Waals surface area contributed by atoms with Gasteiger partial charge < -0.3 is 5.73 Å². The van der Waals surface area contributed by atoms with Crippen molar-refractivity contribution in [1.82, 2.24) is 4.90 Å². The molecule has 1 saturated heterocycles. The van der Waals surface area contributed by atoms with E-state index in [4.69, 9.17) is 5.73 Å². The van der Waals surface area contributed by atoms with Gasteiger partial charge in [-0.25, -0.2) is 0 Å². The van der Waals surface area contributed by atoms with E-state index in [1.807, 2.05) is 0 Å². The lowest BCUT2D eigenvalue weighted by atomic mass is 10.1. The molecule has 2 heteroatoms. The van der Waals surface area contributed by atoms with Crippen LogP contribution in [0.1, 0.15) is 52.4 Å². The molecule has 0 aliphatic carbocycles. The first-order valence-corrected chi connectivity index (χ1v) is 6.27. The number of rotatable bonds is 6. The van der Waals surface area contributed by atoms with Crippen molar-refractivity contribution in [1.29, 1.82) is 0 Å². The molecule has 0 saturated carbocycles. The van der Waals surface area contributed by atoms with Gasteiger partial charge in [0, 0.05) is 18.6 Å². The SMILES string of the molecule is CCCCC(N)CN1CCCC1CC. The Hall–Kier alpha value is -0.0800. The molecule has 1 aliphatic rings. The van der Waals surface area contributed by atoms with Crippen LogP contribution in [0.4, 0.5) is 0 Å². The van der Waals surface area contributed by atoms with Gasteiger partial charge in [0.2, 0.25) is 0 Å². The van der Waals surface area contributed by atoms with Crippen LogP contribution < -0.4 is 5.73 Å². The summed E-state index contributed by atoms with van der Waals surface area (Å²) in [5.41, 5.74) is 6.11. The largest absolute Gasteiger partial charge is 0.327 e. The molecule has 0 aromatic carbocycles. The molecule has 0 bridgehead atoms. The summed E-state index contributed by atoms with van der Waals surface area (Å²) >= 11 is 0. The molecule has 2 nitrogen and oxygen atoms in total. The lowest BCUT2D eigenvalue weighted by Crippen LogP contribution is -2.39. The third-order valence-electron chi connectivity index (χ3n) is 3.37. The Bertz CT molecular complexity index is 147. The second-order valence-electron chi connectivity index (χ2n) is 4.60. The number of hydrogen-bond donors (Lipinski definition) is 1. The third-order valence-corrected chi connectivity index (χ3v) is 3.37. The predicted octanol–water partition coefficient (Wildman–Crippen LogP) is 2.38. The molecular formula is C12H26N2. The van der Waals surface area contributed by atoms with Gasteiger partial charge in [-0.3, -0.25) is 4.90 Å². The number of nitrogens with two attached hydrogens (primary N) is 1. The van der Waals surface area contributed by atoms with Crippen LogP contribution in [0.3, 0.4) is 0 Å². The topological polar surface area (TPSA) is 29.3 Å². The van der Waals surface area contributed by atoms with Gasteiger partial charge in [-0.1, -0.05) is 26.7 Å². The van der Waals surface area contributed by atoms with Crippen molar-refractivity contribution < 1.29 is 0 Å². The van der Waals surface area contributed by atoms with E-state index in [-0.39, 0.29) is 0 Å². The van der Waals surface area contributed by atoms with Crippen molar-refractivity contribution in [3.8, 4) is 0 Å². The van der Waals surface area contributed by atoms with Crippen LogP contribution in [0.25, 0.3) is 0 Å². The summed E-state index contributed by atoms with van der Waals surface area (Å²) in [6, 6.07) is 1.23. The zero-order chi connectivity index (χ0) is 10.4. The second kappa shape index (κ2) is 6.41. The maximum atomic E-state index is 6.11. The highest BCUT2D eigenvalue weighted by atomic mass is 15.2. The summed E-state index contributed by atoms with van der Waals surface area (Å²) in [6.07, 6.45) is 7.80. The molecule has 0 aromatic heterocycles. The van der Waals surface area contributed by atoms with Crippen molar-refractivity contribution >= 4 is 0 Å². The summed E-state index contributed by atoms with van der Waals surface area (Å²) in [5, 5.41) is 0. The van der Waals surface area contributed by atoms with Gasteiger partial charge in [-0.2, -0.15) is 0 Å². The molecule has 0 amide bonds. The fourth-order valence-electron chi connectivity index (χ4n) is 2.46. The molecule has 14 heavy (non-hydrogen) atoms. The Morgan fingerprint density at radius 3 is 2.86 bits per heavy atom. The van der Waals surface area contributed by atoms with Gasteiger partial charge in [-0.05, 0) is 32.2 Å². The molecule has 2 N–H and O–H groups in total. The van der Waals surface area contributed by atoms with Crippen molar-refractivity contribution in [3.05, 3.63) is 0 Å². The predicted molar refractivity (Wildman–Crippen MR) is 62.4 cm³/mol. The van der Waals surface area contributed by atoms with Crippen molar-refractivity contribution in [2.24, 2.45) is 5.73 Å². The standard InChI is InChI=1S/C12H26N2/c1-3-5-7-11(13)10-14-9-6-8-12(14)4-2/h11-12H,3-10,13H2,1-2H3. The van der Waals surface area contributed by atoms with E-state index in [0.29, 0.717) is 6.04 Å². The van der Waals surface area contributed by atoms with E-state index in [1.54, 1.807) is 0 Å². The van der Waals surface area contributed by atoms with Crippen LogP contribution in [-0.4, -0.2) is 30.1 Å². The van der Waals surface area contributed by atoms with Gasteiger partial charge in [-0.15, -0.1) is 0 Å². The van der Waals surface area contributed by atoms with E-state index in [0.717, 1.165) is 12.6 Å². The monoisotopic (exact) mass is 198 g/mol. The molecule has 2 atom stereocenters. The Labute approximate surface area is 88.8 Å². The highest BCUT2D eigenvalue weighted by molar-refractivity contribution is 4.80. The van der Waals surface area contributed by atoms with Crippen LogP contribution in [-0.2, 0) is 0 Å². The van der Waals surface area contributed by atoms with Crippen molar-refractivity contribution in [2.75, 3.05) is 13.1 Å². The van der Waals surface area contributed by atoms with E-state index in [9.17, 15) is 0 Å². The number of nitrogens with zero attached hydrogens (tertiary/aromatic N) is 1. The molecule has 0 radical (unpaired) electrons. The summed E-state index contributed by atoms with van der Waals surface area (Å²) in [4.78, 5) is 2.60. The first kappa shape index (κ1) is 12.0. The molecule has 84 valence electrons. The Morgan fingerprint density at radius 1 is 1.43 bits per heavy atom. The summed E-state index contributed by atoms with van der Waals surface area (Å²) in [5.74, 6) is 0. The molecule has 1 heterocycles. The minimum absolute atomic E-state index is 0.405. The summed E-state index contributed by atoms with van der Waals surface area (Å²) < 4.78 is 0. The van der Waals surface area contributed by atoms with E-state index < -0.39 is 0 Å². The first-order valence-electron chi connectivity index (χ1n) is 6.27. The molecule has 1 fully saturated rings. The van der Waals surface area contributed by atoms with Gasteiger partial charge in [0.15, 0.2) is 0 Å². The van der Waals surface area contributed by atoms with Crippen LogP contribution >= 0.6 is 0 Å². The molecule has 0 spiro atoms. The minimum atomic E-state index is 0.405. The molecule has 0 aromatic rings. The Morgan fingerprint density at radius 2 is 2.21 bits per heavy atom. The molecule has 2 unspecified atom stereocenters. The normalized spacial score (nSPS) is 25.5. The lowest BCUT2D eigenvalue weighted by molar-refractivity contribution is 0.229.